The summed E-state index contributed by atoms with van der Waals surface area (Å²) in [6.45, 7) is 10.4. The highest BCUT2D eigenvalue weighted by Gasteiger charge is 2.40. The number of hydrogen-bond acceptors (Lipinski definition) is 3. The topological polar surface area (TPSA) is 25.4 Å². The maximum Gasteiger partial charge on any atom is 0.0535 e. The van der Waals surface area contributed by atoms with Crippen LogP contribution in [-0.2, 0) is 11.2 Å². The maximum atomic E-state index is 5.95. The van der Waals surface area contributed by atoms with Crippen LogP contribution in [0.15, 0.2) is 48.7 Å². The fourth-order valence-electron chi connectivity index (χ4n) is 4.38. The minimum absolute atomic E-state index is 0.261. The lowest BCUT2D eigenvalue weighted by molar-refractivity contribution is 0.0457. The second-order valence-electron chi connectivity index (χ2n) is 8.00. The Morgan fingerprint density at radius 1 is 1.15 bits per heavy atom. The van der Waals surface area contributed by atoms with E-state index in [1.807, 2.05) is 0 Å². The molecule has 2 atom stereocenters. The molecule has 0 saturated carbocycles. The number of rotatable bonds is 9. The van der Waals surface area contributed by atoms with Crippen LogP contribution in [-0.4, -0.2) is 36.2 Å². The van der Waals surface area contributed by atoms with Crippen molar-refractivity contribution in [2.24, 2.45) is 5.41 Å². The van der Waals surface area contributed by atoms with Crippen LogP contribution in [0.3, 0.4) is 0 Å². The summed E-state index contributed by atoms with van der Waals surface area (Å²) in [5.74, 6) is 0. The summed E-state index contributed by atoms with van der Waals surface area (Å²) in [7, 11) is 0. The van der Waals surface area contributed by atoms with Crippen LogP contribution in [0.5, 0.6) is 0 Å². The fraction of sp³-hybridized carbons (Fsp3) is 0.542. The van der Waals surface area contributed by atoms with E-state index in [-0.39, 0.29) is 5.41 Å². The van der Waals surface area contributed by atoms with Crippen molar-refractivity contribution in [3.8, 4) is 0 Å². The number of pyridine rings is 1. The summed E-state index contributed by atoms with van der Waals surface area (Å²) >= 11 is 0. The van der Waals surface area contributed by atoms with Crippen molar-refractivity contribution >= 4 is 0 Å². The molecule has 0 N–H and O–H groups in total. The predicted molar refractivity (Wildman–Crippen MR) is 112 cm³/mol. The molecule has 1 aliphatic heterocycles. The van der Waals surface area contributed by atoms with Gasteiger partial charge in [-0.15, -0.1) is 0 Å². The van der Waals surface area contributed by atoms with Crippen molar-refractivity contribution < 1.29 is 4.74 Å². The highest BCUT2D eigenvalue weighted by molar-refractivity contribution is 5.19. The SMILES string of the molecule is CCOCC1(CCc2ccccc2)CCN(C(CC)c2ccc(C)nc2)C1. The smallest absolute Gasteiger partial charge is 0.0535 e. The monoisotopic (exact) mass is 366 g/mol. The van der Waals surface area contributed by atoms with Gasteiger partial charge in [0, 0.05) is 36.5 Å². The van der Waals surface area contributed by atoms with Crippen molar-refractivity contribution in [2.45, 2.75) is 52.5 Å². The van der Waals surface area contributed by atoms with E-state index < -0.39 is 0 Å². The summed E-state index contributed by atoms with van der Waals surface area (Å²) in [6.07, 6.45) is 6.72. The molecule has 0 spiro atoms. The van der Waals surface area contributed by atoms with Gasteiger partial charge >= 0.3 is 0 Å². The summed E-state index contributed by atoms with van der Waals surface area (Å²) in [5.41, 5.74) is 4.13. The Balaban J connectivity index is 1.71. The molecule has 3 heteroatoms. The van der Waals surface area contributed by atoms with Crippen LogP contribution in [0, 0.1) is 12.3 Å². The second-order valence-corrected chi connectivity index (χ2v) is 8.00. The molecular formula is C24H34N2O. The van der Waals surface area contributed by atoms with E-state index in [2.05, 4.69) is 79.3 Å². The van der Waals surface area contributed by atoms with Gasteiger partial charge in [-0.2, -0.15) is 0 Å². The molecule has 1 aliphatic rings. The number of aromatic nitrogens is 1. The molecular weight excluding hydrogens is 332 g/mol. The molecule has 1 aromatic heterocycles. The van der Waals surface area contributed by atoms with Gasteiger partial charge in [-0.05, 0) is 63.3 Å². The van der Waals surface area contributed by atoms with Gasteiger partial charge in [0.2, 0.25) is 0 Å². The Bertz CT molecular complexity index is 685. The number of nitrogens with zero attached hydrogens (tertiary/aromatic N) is 2. The van der Waals surface area contributed by atoms with Gasteiger partial charge in [0.15, 0.2) is 0 Å². The molecule has 0 bridgehead atoms. The molecule has 0 aliphatic carbocycles. The van der Waals surface area contributed by atoms with Gasteiger partial charge in [-0.25, -0.2) is 0 Å². The number of aryl methyl sites for hydroxylation is 2. The van der Waals surface area contributed by atoms with E-state index in [1.54, 1.807) is 0 Å². The lowest BCUT2D eigenvalue weighted by atomic mass is 9.82. The fourth-order valence-corrected chi connectivity index (χ4v) is 4.38. The first-order valence-corrected chi connectivity index (χ1v) is 10.4. The molecule has 1 fully saturated rings. The standard InChI is InChI=1S/C24H34N2O/c1-4-23(22-12-11-20(3)25-17-22)26-16-15-24(18-26,19-27-5-2)14-13-21-9-7-6-8-10-21/h6-12,17,23H,4-5,13-16,18-19H2,1-3H3. The third kappa shape index (κ3) is 5.18. The van der Waals surface area contributed by atoms with E-state index in [0.29, 0.717) is 6.04 Å². The highest BCUT2D eigenvalue weighted by atomic mass is 16.5. The normalized spacial score (nSPS) is 21.4. The van der Waals surface area contributed by atoms with Crippen LogP contribution < -0.4 is 0 Å². The molecule has 2 unspecified atom stereocenters. The first-order chi connectivity index (χ1) is 13.2. The van der Waals surface area contributed by atoms with E-state index in [0.717, 1.165) is 44.8 Å². The first kappa shape index (κ1) is 20.0. The molecule has 3 rings (SSSR count). The largest absolute Gasteiger partial charge is 0.381 e. The number of hydrogen-bond donors (Lipinski definition) is 0. The minimum Gasteiger partial charge on any atom is -0.381 e. The average molecular weight is 367 g/mol. The van der Waals surface area contributed by atoms with Crippen LogP contribution in [0.1, 0.15) is 56.0 Å². The van der Waals surface area contributed by atoms with Gasteiger partial charge in [0.05, 0.1) is 6.61 Å². The Morgan fingerprint density at radius 3 is 2.63 bits per heavy atom. The Kier molecular flexibility index (Phi) is 7.03. The zero-order valence-corrected chi connectivity index (χ0v) is 17.2. The van der Waals surface area contributed by atoms with Crippen LogP contribution >= 0.6 is 0 Å². The van der Waals surface area contributed by atoms with Crippen molar-refractivity contribution in [1.82, 2.24) is 9.88 Å². The molecule has 27 heavy (non-hydrogen) atoms. The van der Waals surface area contributed by atoms with Crippen molar-refractivity contribution in [2.75, 3.05) is 26.3 Å². The third-order valence-electron chi connectivity index (χ3n) is 6.01. The Hall–Kier alpha value is -1.71. The summed E-state index contributed by atoms with van der Waals surface area (Å²) in [6, 6.07) is 15.7. The first-order valence-electron chi connectivity index (χ1n) is 10.4. The van der Waals surface area contributed by atoms with E-state index >= 15 is 0 Å². The quantitative estimate of drug-likeness (QED) is 0.610. The van der Waals surface area contributed by atoms with Gasteiger partial charge in [-0.3, -0.25) is 9.88 Å². The van der Waals surface area contributed by atoms with Crippen LogP contribution in [0.2, 0.25) is 0 Å². The number of likely N-dealkylation sites (tertiary alicyclic amines) is 1. The molecule has 0 radical (unpaired) electrons. The third-order valence-corrected chi connectivity index (χ3v) is 6.01. The average Bonchev–Trinajstić information content (AvgIpc) is 3.12. The molecule has 1 aromatic carbocycles. The van der Waals surface area contributed by atoms with Gasteiger partial charge in [0.1, 0.15) is 0 Å². The lowest BCUT2D eigenvalue weighted by Gasteiger charge is -2.32. The Labute approximate surface area is 164 Å². The van der Waals surface area contributed by atoms with Crippen LogP contribution in [0.25, 0.3) is 0 Å². The highest BCUT2D eigenvalue weighted by Crippen LogP contribution is 2.40. The number of benzene rings is 1. The van der Waals surface area contributed by atoms with Crippen molar-refractivity contribution in [3.63, 3.8) is 0 Å². The maximum absolute atomic E-state index is 5.95. The van der Waals surface area contributed by atoms with Gasteiger partial charge in [0.25, 0.3) is 0 Å². The van der Waals surface area contributed by atoms with E-state index in [1.165, 1.54) is 24.0 Å². The lowest BCUT2D eigenvalue weighted by Crippen LogP contribution is -2.34. The van der Waals surface area contributed by atoms with Gasteiger partial charge in [-0.1, -0.05) is 43.3 Å². The van der Waals surface area contributed by atoms with E-state index in [9.17, 15) is 0 Å². The molecule has 2 aromatic rings. The minimum atomic E-state index is 0.261. The van der Waals surface area contributed by atoms with Gasteiger partial charge < -0.3 is 4.74 Å². The molecule has 3 nitrogen and oxygen atoms in total. The van der Waals surface area contributed by atoms with Crippen molar-refractivity contribution in [1.29, 1.82) is 0 Å². The summed E-state index contributed by atoms with van der Waals surface area (Å²) in [5, 5.41) is 0. The zero-order chi connectivity index (χ0) is 19.1. The summed E-state index contributed by atoms with van der Waals surface area (Å²) in [4.78, 5) is 7.19. The number of ether oxygens (including phenoxy) is 1. The van der Waals surface area contributed by atoms with Crippen molar-refractivity contribution in [3.05, 3.63) is 65.5 Å². The second kappa shape index (κ2) is 9.48. The molecule has 2 heterocycles. The molecule has 146 valence electrons. The predicted octanol–water partition coefficient (Wildman–Crippen LogP) is 5.20. The van der Waals surface area contributed by atoms with Crippen LogP contribution in [0.4, 0.5) is 0 Å². The summed E-state index contributed by atoms with van der Waals surface area (Å²) < 4.78 is 5.95. The molecule has 1 saturated heterocycles. The zero-order valence-electron chi connectivity index (χ0n) is 17.2. The Morgan fingerprint density at radius 2 is 1.96 bits per heavy atom. The van der Waals surface area contributed by atoms with E-state index in [4.69, 9.17) is 4.74 Å². The molecule has 0 amide bonds.